The molecule has 0 aliphatic rings. The zero-order chi connectivity index (χ0) is 18.4. The maximum absolute atomic E-state index is 12.6. The van der Waals surface area contributed by atoms with Gasteiger partial charge in [0.15, 0.2) is 17.3 Å². The lowest BCUT2D eigenvalue weighted by Gasteiger charge is -2.14. The van der Waals surface area contributed by atoms with E-state index in [0.29, 0.717) is 34.7 Å². The van der Waals surface area contributed by atoms with Crippen LogP contribution in [0.1, 0.15) is 33.2 Å². The Hall–Kier alpha value is -3.08. The Bertz CT molecular complexity index is 794. The quantitative estimate of drug-likeness (QED) is 0.614. The van der Waals surface area contributed by atoms with Gasteiger partial charge in [0.05, 0.1) is 14.2 Å². The average Bonchev–Trinajstić information content (AvgIpc) is 2.61. The first-order valence-corrected chi connectivity index (χ1v) is 7.78. The number of benzene rings is 2. The number of carbonyl (C=O) groups is 2. The fraction of sp³-hybridized carbons (Fsp3) is 0.200. The molecular weight excluding hydrogens is 318 g/mol. The van der Waals surface area contributed by atoms with Crippen LogP contribution in [0.3, 0.4) is 0 Å². The van der Waals surface area contributed by atoms with E-state index < -0.39 is 0 Å². The highest BCUT2D eigenvalue weighted by Gasteiger charge is 2.16. The van der Waals surface area contributed by atoms with Gasteiger partial charge in [-0.25, -0.2) is 0 Å². The molecule has 0 saturated carbocycles. The molecule has 2 aromatic rings. The molecule has 1 N–H and O–H groups in total. The molecule has 0 aromatic heterocycles. The number of hydrogen-bond donors (Lipinski definition) is 1. The van der Waals surface area contributed by atoms with Crippen LogP contribution in [0.25, 0.3) is 0 Å². The van der Waals surface area contributed by atoms with Gasteiger partial charge in [-0.15, -0.1) is 6.58 Å². The van der Waals surface area contributed by atoms with Gasteiger partial charge in [-0.2, -0.15) is 0 Å². The molecule has 0 unspecified atom stereocenters. The molecule has 130 valence electrons. The normalized spacial score (nSPS) is 10.0. The third-order valence-corrected chi connectivity index (χ3v) is 3.73. The molecule has 0 atom stereocenters. The zero-order valence-electron chi connectivity index (χ0n) is 14.6. The Labute approximate surface area is 147 Å². The van der Waals surface area contributed by atoms with Gasteiger partial charge in [-0.05, 0) is 49.7 Å². The van der Waals surface area contributed by atoms with Crippen LogP contribution in [0, 0.1) is 0 Å². The van der Waals surface area contributed by atoms with Crippen molar-refractivity contribution < 1.29 is 19.1 Å². The van der Waals surface area contributed by atoms with Crippen molar-refractivity contribution in [1.82, 2.24) is 0 Å². The van der Waals surface area contributed by atoms with Crippen LogP contribution >= 0.6 is 0 Å². The number of Topliss-reactive ketones (excluding diaryl/α,β-unsaturated/α-hetero) is 1. The highest BCUT2D eigenvalue weighted by atomic mass is 16.5. The van der Waals surface area contributed by atoms with Crippen molar-refractivity contribution in [3.05, 3.63) is 65.7 Å². The summed E-state index contributed by atoms with van der Waals surface area (Å²) in [6.07, 6.45) is 2.29. The van der Waals surface area contributed by atoms with E-state index >= 15 is 0 Å². The lowest BCUT2D eigenvalue weighted by Crippen LogP contribution is -2.13. The molecule has 2 rings (SSSR count). The van der Waals surface area contributed by atoms with Crippen LogP contribution in [0.4, 0.5) is 5.69 Å². The molecule has 1 amide bonds. The number of nitrogens with one attached hydrogen (secondary N) is 1. The van der Waals surface area contributed by atoms with E-state index in [9.17, 15) is 9.59 Å². The van der Waals surface area contributed by atoms with Crippen LogP contribution in [0.2, 0.25) is 0 Å². The van der Waals surface area contributed by atoms with Crippen molar-refractivity contribution in [2.45, 2.75) is 13.3 Å². The third kappa shape index (κ3) is 4.26. The van der Waals surface area contributed by atoms with Crippen LogP contribution in [0.5, 0.6) is 11.5 Å². The van der Waals surface area contributed by atoms with Crippen LogP contribution in [0.15, 0.2) is 49.1 Å². The first-order valence-electron chi connectivity index (χ1n) is 7.78. The van der Waals surface area contributed by atoms with Gasteiger partial charge in [-0.1, -0.05) is 6.08 Å². The number of hydrogen-bond acceptors (Lipinski definition) is 4. The van der Waals surface area contributed by atoms with Crippen molar-refractivity contribution in [3.8, 4) is 11.5 Å². The summed E-state index contributed by atoms with van der Waals surface area (Å²) in [5.41, 5.74) is 2.46. The van der Waals surface area contributed by atoms with E-state index in [1.54, 1.807) is 49.6 Å². The van der Waals surface area contributed by atoms with E-state index in [2.05, 4.69) is 11.9 Å². The third-order valence-electron chi connectivity index (χ3n) is 3.73. The first kappa shape index (κ1) is 18.3. The second kappa shape index (κ2) is 8.15. The van der Waals surface area contributed by atoms with Crippen LogP contribution < -0.4 is 14.8 Å². The Balaban J connectivity index is 2.30. The van der Waals surface area contributed by atoms with Crippen molar-refractivity contribution in [2.24, 2.45) is 0 Å². The van der Waals surface area contributed by atoms with Crippen LogP contribution in [-0.4, -0.2) is 25.9 Å². The molecular formula is C20H21NO4. The number of amides is 1. The highest BCUT2D eigenvalue weighted by Crippen LogP contribution is 2.33. The number of ketones is 1. The Morgan fingerprint density at radius 1 is 1.08 bits per heavy atom. The van der Waals surface area contributed by atoms with Gasteiger partial charge >= 0.3 is 0 Å². The van der Waals surface area contributed by atoms with Crippen molar-refractivity contribution in [1.29, 1.82) is 0 Å². The minimum atomic E-state index is -0.276. The lowest BCUT2D eigenvalue weighted by molar-refractivity contribution is 0.101. The molecule has 25 heavy (non-hydrogen) atoms. The predicted octanol–water partition coefficient (Wildman–Crippen LogP) is 3.89. The molecule has 5 heteroatoms. The first-order chi connectivity index (χ1) is 12.0. The number of allylic oxidation sites excluding steroid dienone is 1. The summed E-state index contributed by atoms with van der Waals surface area (Å²) in [5.74, 6) is 0.775. The summed E-state index contributed by atoms with van der Waals surface area (Å²) >= 11 is 0. The molecule has 0 aliphatic heterocycles. The zero-order valence-corrected chi connectivity index (χ0v) is 14.6. The maximum atomic E-state index is 12.6. The minimum absolute atomic E-state index is 0.0214. The summed E-state index contributed by atoms with van der Waals surface area (Å²) in [7, 11) is 3.08. The summed E-state index contributed by atoms with van der Waals surface area (Å²) in [5, 5.41) is 2.81. The SMILES string of the molecule is C=CCc1cc(C(=O)Nc2ccc(C(C)=O)cc2)cc(OC)c1OC. The predicted molar refractivity (Wildman–Crippen MR) is 97.8 cm³/mol. The Kier molecular flexibility index (Phi) is 5.95. The van der Waals surface area contributed by atoms with Gasteiger partial charge in [0, 0.05) is 22.4 Å². The number of methoxy groups -OCH3 is 2. The lowest BCUT2D eigenvalue weighted by atomic mass is 10.0. The molecule has 0 fully saturated rings. The van der Waals surface area contributed by atoms with E-state index in [1.807, 2.05) is 0 Å². The van der Waals surface area contributed by atoms with Gasteiger partial charge < -0.3 is 14.8 Å². The summed E-state index contributed by atoms with van der Waals surface area (Å²) in [6, 6.07) is 10.1. The monoisotopic (exact) mass is 339 g/mol. The molecule has 0 saturated heterocycles. The van der Waals surface area contributed by atoms with E-state index in [-0.39, 0.29) is 11.7 Å². The van der Waals surface area contributed by atoms with E-state index in [0.717, 1.165) is 5.56 Å². The molecule has 0 bridgehead atoms. The molecule has 0 radical (unpaired) electrons. The molecule has 0 heterocycles. The standard InChI is InChI=1S/C20H21NO4/c1-5-6-15-11-16(12-18(24-3)19(15)25-4)20(23)21-17-9-7-14(8-10-17)13(2)22/h5,7-12H,1,6H2,2-4H3,(H,21,23). The number of carbonyl (C=O) groups excluding carboxylic acids is 2. The van der Waals surface area contributed by atoms with Gasteiger partial charge in [0.2, 0.25) is 0 Å². The topological polar surface area (TPSA) is 64.6 Å². The Morgan fingerprint density at radius 2 is 1.76 bits per heavy atom. The average molecular weight is 339 g/mol. The summed E-state index contributed by atoms with van der Waals surface area (Å²) in [4.78, 5) is 23.9. The number of anilines is 1. The number of ether oxygens (including phenoxy) is 2. The second-order valence-corrected chi connectivity index (χ2v) is 5.45. The Morgan fingerprint density at radius 3 is 2.28 bits per heavy atom. The van der Waals surface area contributed by atoms with Gasteiger partial charge in [0.1, 0.15) is 0 Å². The second-order valence-electron chi connectivity index (χ2n) is 5.45. The fourth-order valence-electron chi connectivity index (χ4n) is 2.47. The summed E-state index contributed by atoms with van der Waals surface area (Å²) in [6.45, 7) is 5.23. The van der Waals surface area contributed by atoms with Crippen molar-refractivity contribution in [2.75, 3.05) is 19.5 Å². The summed E-state index contributed by atoms with van der Waals surface area (Å²) < 4.78 is 10.7. The highest BCUT2D eigenvalue weighted by molar-refractivity contribution is 6.05. The largest absolute Gasteiger partial charge is 0.493 e. The maximum Gasteiger partial charge on any atom is 0.255 e. The number of rotatable bonds is 7. The van der Waals surface area contributed by atoms with Crippen molar-refractivity contribution in [3.63, 3.8) is 0 Å². The molecule has 0 spiro atoms. The minimum Gasteiger partial charge on any atom is -0.493 e. The van der Waals surface area contributed by atoms with E-state index in [1.165, 1.54) is 14.0 Å². The van der Waals surface area contributed by atoms with Gasteiger partial charge in [0.25, 0.3) is 5.91 Å². The van der Waals surface area contributed by atoms with E-state index in [4.69, 9.17) is 9.47 Å². The van der Waals surface area contributed by atoms with Crippen molar-refractivity contribution >= 4 is 17.4 Å². The van der Waals surface area contributed by atoms with Gasteiger partial charge in [-0.3, -0.25) is 9.59 Å². The molecule has 0 aliphatic carbocycles. The smallest absolute Gasteiger partial charge is 0.255 e. The van der Waals surface area contributed by atoms with Crippen LogP contribution in [-0.2, 0) is 6.42 Å². The fourth-order valence-corrected chi connectivity index (χ4v) is 2.47. The molecule has 2 aromatic carbocycles. The molecule has 5 nitrogen and oxygen atoms in total.